The molecular formula is C17H17N3O2. The molecule has 5 nitrogen and oxygen atoms in total. The summed E-state index contributed by atoms with van der Waals surface area (Å²) in [5.41, 5.74) is 1.81. The zero-order valence-electron chi connectivity index (χ0n) is 12.3. The van der Waals surface area contributed by atoms with Gasteiger partial charge in [0.1, 0.15) is 6.04 Å². The lowest BCUT2D eigenvalue weighted by Crippen LogP contribution is -2.34. The van der Waals surface area contributed by atoms with Gasteiger partial charge in [-0.05, 0) is 43.2 Å². The van der Waals surface area contributed by atoms with E-state index in [2.05, 4.69) is 4.98 Å². The van der Waals surface area contributed by atoms with Crippen LogP contribution in [0, 0.1) is 0 Å². The Morgan fingerprint density at radius 2 is 1.73 bits per heavy atom. The zero-order valence-corrected chi connectivity index (χ0v) is 12.3. The maximum atomic E-state index is 12.6. The monoisotopic (exact) mass is 295 g/mol. The number of aromatic nitrogens is 1. The number of carbonyl (C=O) groups excluding carboxylic acids is 2. The largest absolute Gasteiger partial charge is 0.331 e. The Labute approximate surface area is 129 Å². The van der Waals surface area contributed by atoms with Crippen LogP contribution in [-0.2, 0) is 11.2 Å². The topological polar surface area (TPSA) is 53.5 Å². The van der Waals surface area contributed by atoms with Crippen molar-refractivity contribution in [2.45, 2.75) is 19.4 Å². The average Bonchev–Trinajstić information content (AvgIpc) is 2.77. The number of rotatable bonds is 4. The van der Waals surface area contributed by atoms with E-state index in [1.807, 2.05) is 42.5 Å². The lowest BCUT2D eigenvalue weighted by Gasteiger charge is -2.19. The molecule has 1 aromatic heterocycles. The van der Waals surface area contributed by atoms with Gasteiger partial charge in [-0.2, -0.15) is 0 Å². The van der Waals surface area contributed by atoms with E-state index >= 15 is 0 Å². The van der Waals surface area contributed by atoms with Crippen molar-refractivity contribution < 1.29 is 9.59 Å². The van der Waals surface area contributed by atoms with Gasteiger partial charge in [0.2, 0.25) is 0 Å². The molecule has 1 aliphatic heterocycles. The zero-order chi connectivity index (χ0) is 15.5. The van der Waals surface area contributed by atoms with Crippen molar-refractivity contribution in [1.29, 1.82) is 0 Å². The summed E-state index contributed by atoms with van der Waals surface area (Å²) >= 11 is 0. The lowest BCUT2D eigenvalue weighted by molar-refractivity contribution is -0.126. The van der Waals surface area contributed by atoms with Gasteiger partial charge >= 0.3 is 6.03 Å². The van der Waals surface area contributed by atoms with Gasteiger partial charge in [0.05, 0.1) is 0 Å². The van der Waals surface area contributed by atoms with Gasteiger partial charge in [-0.3, -0.25) is 19.6 Å². The first-order valence-electron chi connectivity index (χ1n) is 7.27. The molecule has 0 spiro atoms. The smallest absolute Gasteiger partial charge is 0.282 e. The van der Waals surface area contributed by atoms with Crippen molar-refractivity contribution in [3.63, 3.8) is 0 Å². The number of carbonyl (C=O) groups is 2. The number of benzene rings is 1. The van der Waals surface area contributed by atoms with Crippen molar-refractivity contribution in [1.82, 2.24) is 9.88 Å². The molecule has 1 fully saturated rings. The van der Waals surface area contributed by atoms with E-state index in [0.29, 0.717) is 13.0 Å². The number of urea groups is 1. The summed E-state index contributed by atoms with van der Waals surface area (Å²) in [6, 6.07) is 12.4. The number of nitrogens with zero attached hydrogens (tertiary/aromatic N) is 3. The number of hydrogen-bond donors (Lipinski definition) is 0. The van der Waals surface area contributed by atoms with Crippen molar-refractivity contribution in [3.8, 4) is 0 Å². The molecule has 5 heteroatoms. The minimum absolute atomic E-state index is 0.150. The van der Waals surface area contributed by atoms with Crippen LogP contribution in [0.1, 0.15) is 12.5 Å². The molecule has 2 aromatic rings. The Kier molecular flexibility index (Phi) is 3.87. The molecule has 22 heavy (non-hydrogen) atoms. The Hall–Kier alpha value is -2.69. The quantitative estimate of drug-likeness (QED) is 0.814. The summed E-state index contributed by atoms with van der Waals surface area (Å²) in [4.78, 5) is 31.8. The predicted molar refractivity (Wildman–Crippen MR) is 83.4 cm³/mol. The highest BCUT2D eigenvalue weighted by Gasteiger charge is 2.42. The molecule has 0 aliphatic carbocycles. The third-order valence-electron chi connectivity index (χ3n) is 3.86. The lowest BCUT2D eigenvalue weighted by atomic mass is 10.2. The molecule has 1 aromatic carbocycles. The molecule has 1 saturated heterocycles. The Bertz CT molecular complexity index is 673. The van der Waals surface area contributed by atoms with Crippen LogP contribution in [0.3, 0.4) is 0 Å². The molecule has 1 atom stereocenters. The third kappa shape index (κ3) is 2.57. The van der Waals surface area contributed by atoms with Gasteiger partial charge < -0.3 is 0 Å². The van der Waals surface area contributed by atoms with Crippen LogP contribution in [0.25, 0.3) is 0 Å². The number of hydrogen-bond acceptors (Lipinski definition) is 3. The van der Waals surface area contributed by atoms with E-state index < -0.39 is 6.04 Å². The summed E-state index contributed by atoms with van der Waals surface area (Å²) in [6.45, 7) is 2.15. The van der Waals surface area contributed by atoms with E-state index in [0.717, 1.165) is 11.3 Å². The standard InChI is InChI=1S/C17H17N3O2/c1-13-16(21)19(12-9-14-7-10-18-11-8-14)17(22)20(13)15-5-3-2-4-6-15/h2-8,10-11,13H,9,12H2,1H3/t13-/m1/s1. The number of pyridine rings is 1. The van der Waals surface area contributed by atoms with E-state index in [1.165, 1.54) is 4.90 Å². The van der Waals surface area contributed by atoms with Crippen molar-refractivity contribution in [2.75, 3.05) is 11.4 Å². The normalized spacial score (nSPS) is 18.1. The first-order valence-corrected chi connectivity index (χ1v) is 7.27. The van der Waals surface area contributed by atoms with E-state index in [1.54, 1.807) is 24.2 Å². The fourth-order valence-corrected chi connectivity index (χ4v) is 2.64. The molecule has 0 radical (unpaired) electrons. The predicted octanol–water partition coefficient (Wildman–Crippen LogP) is 2.48. The SMILES string of the molecule is C[C@@H]1C(=O)N(CCc2ccncc2)C(=O)N1c1ccccc1. The highest BCUT2D eigenvalue weighted by molar-refractivity contribution is 6.14. The highest BCUT2D eigenvalue weighted by atomic mass is 16.2. The van der Waals surface area contributed by atoms with E-state index in [-0.39, 0.29) is 11.9 Å². The number of imide groups is 1. The minimum Gasteiger partial charge on any atom is -0.282 e. The second kappa shape index (κ2) is 5.97. The molecule has 0 unspecified atom stereocenters. The third-order valence-corrected chi connectivity index (χ3v) is 3.86. The molecule has 2 heterocycles. The summed E-state index contributed by atoms with van der Waals surface area (Å²) < 4.78 is 0. The molecule has 0 bridgehead atoms. The first-order chi connectivity index (χ1) is 10.7. The molecule has 3 amide bonds. The molecule has 0 saturated carbocycles. The second-order valence-corrected chi connectivity index (χ2v) is 5.26. The van der Waals surface area contributed by atoms with Crippen LogP contribution in [0.2, 0.25) is 0 Å². The molecule has 0 N–H and O–H groups in total. The van der Waals surface area contributed by atoms with Crippen molar-refractivity contribution in [3.05, 3.63) is 60.4 Å². The van der Waals surface area contributed by atoms with Crippen LogP contribution >= 0.6 is 0 Å². The molecule has 112 valence electrons. The summed E-state index contributed by atoms with van der Waals surface area (Å²) in [6.07, 6.45) is 4.05. The number of anilines is 1. The Morgan fingerprint density at radius 3 is 2.41 bits per heavy atom. The van der Waals surface area contributed by atoms with E-state index in [9.17, 15) is 9.59 Å². The fourth-order valence-electron chi connectivity index (χ4n) is 2.64. The van der Waals surface area contributed by atoms with Crippen molar-refractivity contribution in [2.24, 2.45) is 0 Å². The number of amides is 3. The fraction of sp³-hybridized carbons (Fsp3) is 0.235. The summed E-state index contributed by atoms with van der Waals surface area (Å²) in [5.74, 6) is -0.150. The van der Waals surface area contributed by atoms with Gasteiger partial charge in [-0.1, -0.05) is 18.2 Å². The maximum absolute atomic E-state index is 12.6. The molecule has 3 rings (SSSR count). The minimum atomic E-state index is -0.465. The van der Waals surface area contributed by atoms with Crippen molar-refractivity contribution >= 4 is 17.6 Å². The maximum Gasteiger partial charge on any atom is 0.331 e. The molecular weight excluding hydrogens is 278 g/mol. The van der Waals surface area contributed by atoms with Gasteiger partial charge in [0.25, 0.3) is 5.91 Å². The van der Waals surface area contributed by atoms with Crippen LogP contribution in [0.15, 0.2) is 54.9 Å². The van der Waals surface area contributed by atoms with Crippen LogP contribution < -0.4 is 4.90 Å². The van der Waals surface area contributed by atoms with Gasteiger partial charge in [-0.25, -0.2) is 4.79 Å². The highest BCUT2D eigenvalue weighted by Crippen LogP contribution is 2.25. The van der Waals surface area contributed by atoms with Gasteiger partial charge in [0.15, 0.2) is 0 Å². The molecule has 1 aliphatic rings. The van der Waals surface area contributed by atoms with Crippen LogP contribution in [-0.4, -0.2) is 34.4 Å². The average molecular weight is 295 g/mol. The first kappa shape index (κ1) is 14.3. The van der Waals surface area contributed by atoms with Crippen LogP contribution in [0.4, 0.5) is 10.5 Å². The van der Waals surface area contributed by atoms with Gasteiger partial charge in [0, 0.05) is 24.6 Å². The van der Waals surface area contributed by atoms with E-state index in [4.69, 9.17) is 0 Å². The van der Waals surface area contributed by atoms with Gasteiger partial charge in [-0.15, -0.1) is 0 Å². The Balaban J connectivity index is 1.76. The second-order valence-electron chi connectivity index (χ2n) is 5.26. The Morgan fingerprint density at radius 1 is 1.05 bits per heavy atom. The number of para-hydroxylation sites is 1. The summed E-state index contributed by atoms with van der Waals surface area (Å²) in [5, 5.41) is 0. The summed E-state index contributed by atoms with van der Waals surface area (Å²) in [7, 11) is 0. The van der Waals surface area contributed by atoms with Crippen LogP contribution in [0.5, 0.6) is 0 Å².